The lowest BCUT2D eigenvalue weighted by atomic mass is 10.2. The maximum Gasteiger partial charge on any atom is 0.0475 e. The number of benzene rings is 1. The largest absolute Gasteiger partial charge is 0.318 e. The summed E-state index contributed by atoms with van der Waals surface area (Å²) < 4.78 is 4.58. The molecular formula is C18H20N2. The molecule has 0 aliphatic rings. The van der Waals surface area contributed by atoms with E-state index in [0.29, 0.717) is 0 Å². The van der Waals surface area contributed by atoms with Crippen LogP contribution in [0.1, 0.15) is 22.8 Å². The van der Waals surface area contributed by atoms with Gasteiger partial charge in [-0.3, -0.25) is 0 Å². The minimum atomic E-state index is 1.22. The van der Waals surface area contributed by atoms with Gasteiger partial charge >= 0.3 is 0 Å². The zero-order valence-electron chi connectivity index (χ0n) is 12.5. The molecular weight excluding hydrogens is 244 g/mol. The first kappa shape index (κ1) is 12.8. The molecule has 2 heterocycles. The molecule has 2 heteroatoms. The minimum Gasteiger partial charge on any atom is -0.318 e. The van der Waals surface area contributed by atoms with Crippen LogP contribution in [0.15, 0.2) is 48.5 Å². The summed E-state index contributed by atoms with van der Waals surface area (Å²) in [6.07, 6.45) is 0. The van der Waals surface area contributed by atoms with E-state index in [0.717, 1.165) is 0 Å². The maximum atomic E-state index is 2.29. The second-order valence-electron chi connectivity index (χ2n) is 5.42. The molecule has 0 amide bonds. The van der Waals surface area contributed by atoms with Gasteiger partial charge in [0.2, 0.25) is 0 Å². The van der Waals surface area contributed by atoms with Crippen LogP contribution in [0.4, 0.5) is 0 Å². The Morgan fingerprint density at radius 3 is 1.25 bits per heavy atom. The van der Waals surface area contributed by atoms with Crippen molar-refractivity contribution in [1.82, 2.24) is 9.13 Å². The van der Waals surface area contributed by atoms with Crippen LogP contribution in [0.2, 0.25) is 0 Å². The van der Waals surface area contributed by atoms with E-state index >= 15 is 0 Å². The highest BCUT2D eigenvalue weighted by Crippen LogP contribution is 2.22. The second-order valence-corrected chi connectivity index (χ2v) is 5.42. The van der Waals surface area contributed by atoms with Crippen LogP contribution in [0.3, 0.4) is 0 Å². The van der Waals surface area contributed by atoms with E-state index in [1.54, 1.807) is 0 Å². The van der Waals surface area contributed by atoms with Crippen molar-refractivity contribution in [3.05, 3.63) is 71.3 Å². The van der Waals surface area contributed by atoms with Gasteiger partial charge in [-0.2, -0.15) is 0 Å². The van der Waals surface area contributed by atoms with Crippen LogP contribution in [0, 0.1) is 27.7 Å². The normalized spacial score (nSPS) is 11.0. The lowest BCUT2D eigenvalue weighted by Gasteiger charge is -2.14. The predicted octanol–water partition coefficient (Wildman–Crippen LogP) is 4.50. The summed E-state index contributed by atoms with van der Waals surface area (Å²) in [5.41, 5.74) is 7.49. The van der Waals surface area contributed by atoms with Crippen LogP contribution < -0.4 is 0 Å². The zero-order chi connectivity index (χ0) is 14.3. The van der Waals surface area contributed by atoms with Gasteiger partial charge in [0.1, 0.15) is 0 Å². The lowest BCUT2D eigenvalue weighted by molar-refractivity contribution is 0.938. The monoisotopic (exact) mass is 264 g/mol. The van der Waals surface area contributed by atoms with Crippen molar-refractivity contribution in [2.24, 2.45) is 0 Å². The van der Waals surface area contributed by atoms with E-state index in [1.165, 1.54) is 34.2 Å². The fraction of sp³-hybridized carbons (Fsp3) is 0.222. The third-order valence-electron chi connectivity index (χ3n) is 3.89. The predicted molar refractivity (Wildman–Crippen MR) is 84.0 cm³/mol. The Morgan fingerprint density at radius 1 is 0.550 bits per heavy atom. The van der Waals surface area contributed by atoms with E-state index in [-0.39, 0.29) is 0 Å². The van der Waals surface area contributed by atoms with E-state index in [1.807, 2.05) is 0 Å². The standard InChI is InChI=1S/C18H20N2/c1-13-8-9-14(2)19(13)17-6-5-7-18(12-17)20-15(3)10-11-16(20)4/h5-12H,1-4H3. The molecule has 20 heavy (non-hydrogen) atoms. The molecule has 1 aromatic carbocycles. The summed E-state index contributed by atoms with van der Waals surface area (Å²) in [6, 6.07) is 17.3. The summed E-state index contributed by atoms with van der Waals surface area (Å²) >= 11 is 0. The van der Waals surface area contributed by atoms with E-state index in [4.69, 9.17) is 0 Å². The van der Waals surface area contributed by atoms with Crippen LogP contribution in [-0.2, 0) is 0 Å². The van der Waals surface area contributed by atoms with Gasteiger partial charge in [-0.1, -0.05) is 6.07 Å². The van der Waals surface area contributed by atoms with Gasteiger partial charge in [0.05, 0.1) is 0 Å². The van der Waals surface area contributed by atoms with Gasteiger partial charge in [0.25, 0.3) is 0 Å². The van der Waals surface area contributed by atoms with Gasteiger partial charge in [0.15, 0.2) is 0 Å². The van der Waals surface area contributed by atoms with Gasteiger partial charge in [0, 0.05) is 34.2 Å². The first-order valence-corrected chi connectivity index (χ1v) is 6.98. The summed E-state index contributed by atoms with van der Waals surface area (Å²) in [5, 5.41) is 0. The fourth-order valence-corrected chi connectivity index (χ4v) is 2.92. The van der Waals surface area contributed by atoms with E-state index in [2.05, 4.69) is 85.4 Å². The molecule has 0 aliphatic heterocycles. The van der Waals surface area contributed by atoms with E-state index in [9.17, 15) is 0 Å². The van der Waals surface area contributed by atoms with Crippen molar-refractivity contribution in [1.29, 1.82) is 0 Å². The molecule has 0 fully saturated rings. The summed E-state index contributed by atoms with van der Waals surface area (Å²) in [6.45, 7) is 8.58. The summed E-state index contributed by atoms with van der Waals surface area (Å²) in [5.74, 6) is 0. The van der Waals surface area contributed by atoms with Gasteiger partial charge in [-0.25, -0.2) is 0 Å². The second kappa shape index (κ2) is 4.71. The number of hydrogen-bond acceptors (Lipinski definition) is 0. The Labute approximate surface area is 120 Å². The molecule has 0 atom stereocenters. The first-order chi connectivity index (χ1) is 9.58. The van der Waals surface area contributed by atoms with Crippen molar-refractivity contribution in [3.8, 4) is 11.4 Å². The van der Waals surface area contributed by atoms with Gasteiger partial charge < -0.3 is 9.13 Å². The zero-order valence-corrected chi connectivity index (χ0v) is 12.5. The Hall–Kier alpha value is -2.22. The Morgan fingerprint density at radius 2 is 0.900 bits per heavy atom. The molecule has 0 bridgehead atoms. The molecule has 0 spiro atoms. The van der Waals surface area contributed by atoms with Crippen LogP contribution in [0.25, 0.3) is 11.4 Å². The molecule has 2 nitrogen and oxygen atoms in total. The smallest absolute Gasteiger partial charge is 0.0475 e. The first-order valence-electron chi connectivity index (χ1n) is 6.98. The van der Waals surface area contributed by atoms with Crippen molar-refractivity contribution in [2.75, 3.05) is 0 Å². The fourth-order valence-electron chi connectivity index (χ4n) is 2.92. The highest BCUT2D eigenvalue weighted by Gasteiger charge is 2.07. The molecule has 0 unspecified atom stereocenters. The summed E-state index contributed by atoms with van der Waals surface area (Å²) in [4.78, 5) is 0. The molecule has 0 N–H and O–H groups in total. The quantitative estimate of drug-likeness (QED) is 0.645. The van der Waals surface area contributed by atoms with Crippen molar-refractivity contribution < 1.29 is 0 Å². The average Bonchev–Trinajstić information content (AvgIpc) is 2.93. The number of aryl methyl sites for hydroxylation is 4. The number of nitrogens with zero attached hydrogens (tertiary/aromatic N) is 2. The average molecular weight is 264 g/mol. The van der Waals surface area contributed by atoms with Crippen LogP contribution in [-0.4, -0.2) is 9.13 Å². The van der Waals surface area contributed by atoms with Gasteiger partial charge in [-0.15, -0.1) is 0 Å². The molecule has 0 aliphatic carbocycles. The Kier molecular flexibility index (Phi) is 3.01. The van der Waals surface area contributed by atoms with Crippen molar-refractivity contribution >= 4 is 0 Å². The number of hydrogen-bond donors (Lipinski definition) is 0. The maximum absolute atomic E-state index is 2.29. The molecule has 3 rings (SSSR count). The molecule has 2 aromatic heterocycles. The SMILES string of the molecule is Cc1ccc(C)n1-c1cccc(-n2c(C)ccc2C)c1. The topological polar surface area (TPSA) is 9.86 Å². The van der Waals surface area contributed by atoms with Crippen molar-refractivity contribution in [3.63, 3.8) is 0 Å². The third-order valence-corrected chi connectivity index (χ3v) is 3.89. The van der Waals surface area contributed by atoms with Crippen LogP contribution >= 0.6 is 0 Å². The molecule has 102 valence electrons. The van der Waals surface area contributed by atoms with E-state index < -0.39 is 0 Å². The number of aromatic nitrogens is 2. The highest BCUT2D eigenvalue weighted by molar-refractivity contribution is 5.48. The minimum absolute atomic E-state index is 1.22. The van der Waals surface area contributed by atoms with Crippen molar-refractivity contribution in [2.45, 2.75) is 27.7 Å². The third kappa shape index (κ3) is 1.97. The Bertz CT molecular complexity index is 659. The molecule has 0 saturated carbocycles. The van der Waals surface area contributed by atoms with Gasteiger partial charge in [-0.05, 0) is 70.2 Å². The Balaban J connectivity index is 2.16. The molecule has 0 saturated heterocycles. The highest BCUT2D eigenvalue weighted by atomic mass is 15.0. The number of rotatable bonds is 2. The molecule has 3 aromatic rings. The lowest BCUT2D eigenvalue weighted by Crippen LogP contribution is -2.02. The van der Waals surface area contributed by atoms with Crippen LogP contribution in [0.5, 0.6) is 0 Å². The summed E-state index contributed by atoms with van der Waals surface area (Å²) in [7, 11) is 0. The molecule has 0 radical (unpaired) electrons.